The molecule has 0 radical (unpaired) electrons. The van der Waals surface area contributed by atoms with Crippen LogP contribution in [0.3, 0.4) is 0 Å². The topological polar surface area (TPSA) is 79.7 Å². The van der Waals surface area contributed by atoms with Gasteiger partial charge in [0, 0.05) is 11.8 Å². The van der Waals surface area contributed by atoms with Gasteiger partial charge in [0.15, 0.2) is 0 Å². The highest BCUT2D eigenvalue weighted by molar-refractivity contribution is 6.46. The molecule has 1 unspecified atom stereocenters. The van der Waals surface area contributed by atoms with Crippen LogP contribution in [0.1, 0.15) is 46.8 Å². The largest absolute Gasteiger partial charge is 0.507 e. The molecule has 1 fully saturated rings. The van der Waals surface area contributed by atoms with E-state index in [9.17, 15) is 14.7 Å². The van der Waals surface area contributed by atoms with Gasteiger partial charge in [0.2, 0.25) is 0 Å². The summed E-state index contributed by atoms with van der Waals surface area (Å²) in [6.07, 6.45) is 5.89. The molecule has 2 heterocycles. The number of aliphatic hydroxyl groups is 1. The van der Waals surface area contributed by atoms with Crippen LogP contribution in [-0.2, 0) is 29.0 Å². The monoisotopic (exact) mass is 454 g/mol. The van der Waals surface area contributed by atoms with E-state index in [1.807, 2.05) is 42.5 Å². The van der Waals surface area contributed by atoms with Crippen molar-refractivity contribution in [1.82, 2.24) is 9.88 Å². The Labute approximate surface area is 198 Å². The van der Waals surface area contributed by atoms with Gasteiger partial charge in [-0.15, -0.1) is 0 Å². The third-order valence-electron chi connectivity index (χ3n) is 6.63. The van der Waals surface area contributed by atoms with Gasteiger partial charge < -0.3 is 14.7 Å². The molecule has 1 aliphatic heterocycles. The molecule has 6 nitrogen and oxygen atoms in total. The summed E-state index contributed by atoms with van der Waals surface area (Å²) < 4.78 is 5.38. The number of Topliss-reactive ketones (excluding diaryl/α,β-unsaturated/α-hetero) is 1. The Hall–Kier alpha value is -3.93. The van der Waals surface area contributed by atoms with Crippen LogP contribution in [0.2, 0.25) is 0 Å². The summed E-state index contributed by atoms with van der Waals surface area (Å²) in [5.41, 5.74) is 4.47. The predicted octanol–water partition coefficient (Wildman–Crippen LogP) is 4.59. The fraction of sp³-hybridized carbons (Fsp3) is 0.250. The predicted molar refractivity (Wildman–Crippen MR) is 128 cm³/mol. The van der Waals surface area contributed by atoms with Crippen molar-refractivity contribution in [3.63, 3.8) is 0 Å². The Bertz CT molecular complexity index is 1280. The molecule has 172 valence electrons. The molecule has 1 atom stereocenters. The number of benzene rings is 2. The fourth-order valence-electron chi connectivity index (χ4n) is 4.90. The van der Waals surface area contributed by atoms with Gasteiger partial charge in [-0.05, 0) is 72.7 Å². The van der Waals surface area contributed by atoms with E-state index in [4.69, 9.17) is 4.74 Å². The van der Waals surface area contributed by atoms with Crippen molar-refractivity contribution in [2.45, 2.75) is 38.3 Å². The first-order valence-electron chi connectivity index (χ1n) is 11.5. The van der Waals surface area contributed by atoms with Gasteiger partial charge in [-0.2, -0.15) is 0 Å². The molecule has 2 aliphatic rings. The van der Waals surface area contributed by atoms with Crippen molar-refractivity contribution in [2.75, 3.05) is 7.11 Å². The molecule has 2 aromatic carbocycles. The lowest BCUT2D eigenvalue weighted by Gasteiger charge is -2.25. The van der Waals surface area contributed by atoms with E-state index in [-0.39, 0.29) is 17.9 Å². The lowest BCUT2D eigenvalue weighted by Crippen LogP contribution is -2.29. The van der Waals surface area contributed by atoms with Crippen LogP contribution in [0.25, 0.3) is 5.76 Å². The lowest BCUT2D eigenvalue weighted by molar-refractivity contribution is -0.140. The number of aliphatic hydroxyl groups excluding tert-OH is 1. The van der Waals surface area contributed by atoms with Gasteiger partial charge in [-0.25, -0.2) is 0 Å². The smallest absolute Gasteiger partial charge is 0.296 e. The summed E-state index contributed by atoms with van der Waals surface area (Å²) in [5.74, 6) is -0.894. The highest BCUT2D eigenvalue weighted by Gasteiger charge is 2.46. The number of rotatable bonds is 5. The van der Waals surface area contributed by atoms with Gasteiger partial charge in [0.1, 0.15) is 11.5 Å². The van der Waals surface area contributed by atoms with Crippen LogP contribution in [0, 0.1) is 0 Å². The molecule has 3 aromatic rings. The minimum Gasteiger partial charge on any atom is -0.507 e. The van der Waals surface area contributed by atoms with Gasteiger partial charge >= 0.3 is 0 Å². The number of likely N-dealkylation sites (tertiary alicyclic amines) is 1. The van der Waals surface area contributed by atoms with Crippen molar-refractivity contribution in [1.29, 1.82) is 0 Å². The Kier molecular flexibility index (Phi) is 5.88. The number of ether oxygens (including phenoxy) is 1. The van der Waals surface area contributed by atoms with E-state index in [1.165, 1.54) is 16.0 Å². The first kappa shape index (κ1) is 21.9. The average Bonchev–Trinajstić information content (AvgIpc) is 3.13. The number of hydrogen-bond acceptors (Lipinski definition) is 5. The highest BCUT2D eigenvalue weighted by Crippen LogP contribution is 2.41. The number of aryl methyl sites for hydroxylation is 2. The van der Waals surface area contributed by atoms with E-state index < -0.39 is 17.7 Å². The van der Waals surface area contributed by atoms with Gasteiger partial charge in [-0.1, -0.05) is 30.3 Å². The summed E-state index contributed by atoms with van der Waals surface area (Å²) in [5, 5.41) is 11.4. The molecule has 0 spiro atoms. The number of ketones is 1. The molecule has 34 heavy (non-hydrogen) atoms. The van der Waals surface area contributed by atoms with E-state index in [1.54, 1.807) is 31.5 Å². The zero-order valence-electron chi connectivity index (χ0n) is 19.0. The van der Waals surface area contributed by atoms with E-state index >= 15 is 0 Å². The van der Waals surface area contributed by atoms with Crippen molar-refractivity contribution >= 4 is 17.4 Å². The molecule has 0 bridgehead atoms. The Morgan fingerprint density at radius 3 is 2.62 bits per heavy atom. The molecule has 1 saturated heterocycles. The number of hydrogen-bond donors (Lipinski definition) is 1. The van der Waals surface area contributed by atoms with Crippen molar-refractivity contribution in [3.8, 4) is 5.75 Å². The number of methoxy groups -OCH3 is 1. The van der Waals surface area contributed by atoms with Crippen molar-refractivity contribution in [3.05, 3.63) is 100 Å². The molecule has 5 rings (SSSR count). The standard InChI is InChI=1S/C28H26N2O4/c1-34-23-11-6-9-20(16-23)25-24(26(31)21-13-12-18-7-2-3-8-19(18)15-21)27(32)28(33)30(25)17-22-10-4-5-14-29-22/h4-6,9-16,25,31H,2-3,7-8,17H2,1H3/b26-24-. The normalized spacial score (nSPS) is 19.2. The average molecular weight is 455 g/mol. The summed E-state index contributed by atoms with van der Waals surface area (Å²) >= 11 is 0. The van der Waals surface area contributed by atoms with Gasteiger partial charge in [0.05, 0.1) is 31.0 Å². The third kappa shape index (κ3) is 3.96. The van der Waals surface area contributed by atoms with Crippen molar-refractivity contribution in [2.24, 2.45) is 0 Å². The minimum atomic E-state index is -0.756. The third-order valence-corrected chi connectivity index (χ3v) is 6.63. The van der Waals surface area contributed by atoms with Crippen LogP contribution in [0.15, 0.2) is 72.4 Å². The zero-order valence-corrected chi connectivity index (χ0v) is 19.0. The van der Waals surface area contributed by atoms with Crippen LogP contribution in [0.5, 0.6) is 5.75 Å². The Morgan fingerprint density at radius 2 is 1.85 bits per heavy atom. The molecule has 1 amide bonds. The molecule has 1 aromatic heterocycles. The molecule has 1 aliphatic carbocycles. The first-order chi connectivity index (χ1) is 16.6. The van der Waals surface area contributed by atoms with Crippen LogP contribution in [-0.4, -0.2) is 33.8 Å². The summed E-state index contributed by atoms with van der Waals surface area (Å²) in [6.45, 7) is 0.147. The van der Waals surface area contributed by atoms with Crippen LogP contribution < -0.4 is 4.74 Å². The Balaban J connectivity index is 1.64. The second-order valence-electron chi connectivity index (χ2n) is 8.72. The van der Waals surface area contributed by atoms with Gasteiger partial charge in [0.25, 0.3) is 11.7 Å². The Morgan fingerprint density at radius 1 is 1.03 bits per heavy atom. The SMILES string of the molecule is COc1cccc(C2/C(=C(/O)c3ccc4c(c3)CCCC4)C(=O)C(=O)N2Cc2ccccn2)c1. The van der Waals surface area contributed by atoms with Crippen LogP contribution in [0.4, 0.5) is 0 Å². The summed E-state index contributed by atoms with van der Waals surface area (Å²) in [7, 11) is 1.57. The first-order valence-corrected chi connectivity index (χ1v) is 11.5. The molecular weight excluding hydrogens is 428 g/mol. The van der Waals surface area contributed by atoms with E-state index in [0.717, 1.165) is 25.7 Å². The zero-order chi connectivity index (χ0) is 23.7. The number of pyridine rings is 1. The van der Waals surface area contributed by atoms with Crippen LogP contribution >= 0.6 is 0 Å². The molecular formula is C28H26N2O4. The maximum absolute atomic E-state index is 13.3. The van der Waals surface area contributed by atoms with Gasteiger partial charge in [-0.3, -0.25) is 14.6 Å². The number of aromatic nitrogens is 1. The lowest BCUT2D eigenvalue weighted by atomic mass is 9.88. The number of nitrogens with zero attached hydrogens (tertiary/aromatic N) is 2. The summed E-state index contributed by atoms with van der Waals surface area (Å²) in [4.78, 5) is 32.3. The maximum Gasteiger partial charge on any atom is 0.296 e. The number of carbonyl (C=O) groups is 2. The fourth-order valence-corrected chi connectivity index (χ4v) is 4.90. The highest BCUT2D eigenvalue weighted by atomic mass is 16.5. The quantitative estimate of drug-likeness (QED) is 0.347. The number of fused-ring (bicyclic) bond motifs is 1. The molecule has 1 N–H and O–H groups in total. The summed E-state index contributed by atoms with van der Waals surface area (Å²) in [6, 6.07) is 17.8. The maximum atomic E-state index is 13.3. The van der Waals surface area contributed by atoms with Crippen molar-refractivity contribution < 1.29 is 19.4 Å². The molecule has 6 heteroatoms. The number of carbonyl (C=O) groups excluding carboxylic acids is 2. The van der Waals surface area contributed by atoms with E-state index in [0.29, 0.717) is 22.6 Å². The van der Waals surface area contributed by atoms with E-state index in [2.05, 4.69) is 4.98 Å². The molecule has 0 saturated carbocycles. The second kappa shape index (κ2) is 9.14. The minimum absolute atomic E-state index is 0.0879. The second-order valence-corrected chi connectivity index (χ2v) is 8.72. The number of amides is 1.